The van der Waals surface area contributed by atoms with E-state index in [1.54, 1.807) is 19.2 Å². The molecule has 1 aromatic rings. The predicted octanol–water partition coefficient (Wildman–Crippen LogP) is 1.78. The SMILES string of the molecule is COc1cc(OC)c(C2(CN)CCC2)cc1C(=O)O. The van der Waals surface area contributed by atoms with Gasteiger partial charge in [0.05, 0.1) is 14.2 Å². The van der Waals surface area contributed by atoms with Gasteiger partial charge in [-0.25, -0.2) is 4.79 Å². The smallest absolute Gasteiger partial charge is 0.339 e. The van der Waals surface area contributed by atoms with Gasteiger partial charge >= 0.3 is 5.97 Å². The Bertz CT molecular complexity index is 489. The Kier molecular flexibility index (Phi) is 3.66. The molecule has 1 aliphatic carbocycles. The van der Waals surface area contributed by atoms with Gasteiger partial charge in [-0.15, -0.1) is 0 Å². The highest BCUT2D eigenvalue weighted by molar-refractivity contribution is 5.91. The Labute approximate surface area is 112 Å². The zero-order valence-corrected chi connectivity index (χ0v) is 11.2. The van der Waals surface area contributed by atoms with E-state index in [1.807, 2.05) is 0 Å². The molecule has 2 rings (SSSR count). The van der Waals surface area contributed by atoms with Crippen LogP contribution in [0.2, 0.25) is 0 Å². The Morgan fingerprint density at radius 3 is 2.32 bits per heavy atom. The maximum absolute atomic E-state index is 11.3. The van der Waals surface area contributed by atoms with Gasteiger partial charge in [-0.2, -0.15) is 0 Å². The van der Waals surface area contributed by atoms with Gasteiger partial charge in [0, 0.05) is 23.6 Å². The first-order valence-electron chi connectivity index (χ1n) is 6.28. The molecule has 1 aliphatic rings. The topological polar surface area (TPSA) is 81.8 Å². The minimum Gasteiger partial charge on any atom is -0.496 e. The summed E-state index contributed by atoms with van der Waals surface area (Å²) in [6.45, 7) is 0.495. The largest absolute Gasteiger partial charge is 0.496 e. The minimum atomic E-state index is -1.01. The van der Waals surface area contributed by atoms with Gasteiger partial charge in [-0.3, -0.25) is 0 Å². The first kappa shape index (κ1) is 13.7. The van der Waals surface area contributed by atoms with E-state index in [-0.39, 0.29) is 11.0 Å². The molecule has 0 heterocycles. The van der Waals surface area contributed by atoms with Gasteiger partial charge < -0.3 is 20.3 Å². The summed E-state index contributed by atoms with van der Waals surface area (Å²) in [5.74, 6) is -0.0566. The molecular weight excluding hydrogens is 246 g/mol. The molecule has 5 nitrogen and oxygen atoms in total. The fourth-order valence-electron chi connectivity index (χ4n) is 2.67. The zero-order valence-electron chi connectivity index (χ0n) is 11.2. The summed E-state index contributed by atoms with van der Waals surface area (Å²) in [5.41, 5.74) is 6.76. The number of carbonyl (C=O) groups is 1. The van der Waals surface area contributed by atoms with E-state index in [4.69, 9.17) is 15.2 Å². The Balaban J connectivity index is 2.59. The van der Waals surface area contributed by atoms with Crippen LogP contribution in [-0.2, 0) is 5.41 Å². The summed E-state index contributed by atoms with van der Waals surface area (Å²) in [4.78, 5) is 11.3. The molecule has 5 heteroatoms. The first-order valence-corrected chi connectivity index (χ1v) is 6.28. The number of hydrogen-bond donors (Lipinski definition) is 2. The standard InChI is InChI=1S/C14H19NO4/c1-18-11-7-12(19-2)10(6-9(11)13(16)17)14(8-15)4-3-5-14/h6-7H,3-5,8,15H2,1-2H3,(H,16,17). The number of hydrogen-bond acceptors (Lipinski definition) is 4. The van der Waals surface area contributed by atoms with Crippen molar-refractivity contribution >= 4 is 5.97 Å². The van der Waals surface area contributed by atoms with Crippen molar-refractivity contribution in [2.75, 3.05) is 20.8 Å². The maximum atomic E-state index is 11.3. The lowest BCUT2D eigenvalue weighted by atomic mass is 9.64. The third-order valence-electron chi connectivity index (χ3n) is 4.02. The average molecular weight is 265 g/mol. The molecule has 0 bridgehead atoms. The summed E-state index contributed by atoms with van der Waals surface area (Å²) in [5, 5.41) is 9.26. The van der Waals surface area contributed by atoms with Crippen molar-refractivity contribution in [3.8, 4) is 11.5 Å². The number of carboxylic acids is 1. The molecule has 0 saturated heterocycles. The lowest BCUT2D eigenvalue weighted by molar-refractivity contribution is 0.0693. The van der Waals surface area contributed by atoms with Crippen LogP contribution >= 0.6 is 0 Å². The van der Waals surface area contributed by atoms with Gasteiger partial charge in [0.1, 0.15) is 17.1 Å². The van der Waals surface area contributed by atoms with Crippen molar-refractivity contribution in [2.45, 2.75) is 24.7 Å². The monoisotopic (exact) mass is 265 g/mol. The number of benzene rings is 1. The molecule has 1 fully saturated rings. The highest BCUT2D eigenvalue weighted by atomic mass is 16.5. The number of ether oxygens (including phenoxy) is 2. The molecule has 0 unspecified atom stereocenters. The van der Waals surface area contributed by atoms with Crippen molar-refractivity contribution in [3.63, 3.8) is 0 Å². The summed E-state index contributed by atoms with van der Waals surface area (Å²) in [7, 11) is 3.02. The van der Waals surface area contributed by atoms with Crippen LogP contribution < -0.4 is 15.2 Å². The molecule has 0 radical (unpaired) electrons. The van der Waals surface area contributed by atoms with Gasteiger partial charge in [0.15, 0.2) is 0 Å². The highest BCUT2D eigenvalue weighted by Crippen LogP contribution is 2.47. The van der Waals surface area contributed by atoms with Crippen molar-refractivity contribution in [1.82, 2.24) is 0 Å². The van der Waals surface area contributed by atoms with Crippen molar-refractivity contribution in [3.05, 3.63) is 23.3 Å². The van der Waals surface area contributed by atoms with Gasteiger partial charge in [-0.05, 0) is 18.9 Å². The van der Waals surface area contributed by atoms with E-state index in [0.29, 0.717) is 18.0 Å². The second-order valence-corrected chi connectivity index (χ2v) is 4.90. The average Bonchev–Trinajstić information content (AvgIpc) is 2.37. The summed E-state index contributed by atoms with van der Waals surface area (Å²) < 4.78 is 10.5. The molecule has 1 aromatic carbocycles. The van der Waals surface area contributed by atoms with E-state index in [2.05, 4.69) is 0 Å². The van der Waals surface area contributed by atoms with E-state index in [0.717, 1.165) is 24.8 Å². The van der Waals surface area contributed by atoms with Crippen LogP contribution in [0.1, 0.15) is 35.2 Å². The molecule has 1 saturated carbocycles. The second kappa shape index (κ2) is 5.09. The molecule has 3 N–H and O–H groups in total. The molecular formula is C14H19NO4. The van der Waals surface area contributed by atoms with Crippen LogP contribution in [0.3, 0.4) is 0 Å². The van der Waals surface area contributed by atoms with Crippen LogP contribution in [0, 0.1) is 0 Å². The molecule has 0 aromatic heterocycles. The third-order valence-corrected chi connectivity index (χ3v) is 4.02. The fraction of sp³-hybridized carbons (Fsp3) is 0.500. The normalized spacial score (nSPS) is 16.6. The van der Waals surface area contributed by atoms with E-state index in [1.165, 1.54) is 7.11 Å². The lowest BCUT2D eigenvalue weighted by Gasteiger charge is -2.42. The molecule has 104 valence electrons. The van der Waals surface area contributed by atoms with Crippen LogP contribution in [0.25, 0.3) is 0 Å². The molecule has 0 spiro atoms. The highest BCUT2D eigenvalue weighted by Gasteiger charge is 2.40. The summed E-state index contributed by atoms with van der Waals surface area (Å²) in [6.07, 6.45) is 3.03. The van der Waals surface area contributed by atoms with Crippen molar-refractivity contribution < 1.29 is 19.4 Å². The Hall–Kier alpha value is -1.75. The Morgan fingerprint density at radius 2 is 1.95 bits per heavy atom. The number of carboxylic acid groups (broad SMARTS) is 1. The maximum Gasteiger partial charge on any atom is 0.339 e. The van der Waals surface area contributed by atoms with Crippen LogP contribution in [0.4, 0.5) is 0 Å². The molecule has 19 heavy (non-hydrogen) atoms. The quantitative estimate of drug-likeness (QED) is 0.848. The van der Waals surface area contributed by atoms with E-state index in [9.17, 15) is 9.90 Å². The van der Waals surface area contributed by atoms with Crippen molar-refractivity contribution in [2.24, 2.45) is 5.73 Å². The van der Waals surface area contributed by atoms with Crippen LogP contribution in [0.15, 0.2) is 12.1 Å². The van der Waals surface area contributed by atoms with Crippen LogP contribution in [0.5, 0.6) is 11.5 Å². The number of methoxy groups -OCH3 is 2. The lowest BCUT2D eigenvalue weighted by Crippen LogP contribution is -2.42. The molecule has 0 amide bonds. The summed E-state index contributed by atoms with van der Waals surface area (Å²) >= 11 is 0. The number of nitrogens with two attached hydrogens (primary N) is 1. The minimum absolute atomic E-state index is 0.151. The van der Waals surface area contributed by atoms with Gasteiger partial charge in [0.2, 0.25) is 0 Å². The predicted molar refractivity (Wildman–Crippen MR) is 71.1 cm³/mol. The van der Waals surface area contributed by atoms with E-state index >= 15 is 0 Å². The Morgan fingerprint density at radius 1 is 1.32 bits per heavy atom. The van der Waals surface area contributed by atoms with E-state index < -0.39 is 5.97 Å². The number of rotatable bonds is 5. The molecule has 0 aliphatic heterocycles. The zero-order chi connectivity index (χ0) is 14.0. The fourth-order valence-corrected chi connectivity index (χ4v) is 2.67. The van der Waals surface area contributed by atoms with Gasteiger partial charge in [-0.1, -0.05) is 6.42 Å². The third kappa shape index (κ3) is 2.14. The van der Waals surface area contributed by atoms with Crippen LogP contribution in [-0.4, -0.2) is 31.8 Å². The summed E-state index contributed by atoms with van der Waals surface area (Å²) in [6, 6.07) is 3.28. The first-order chi connectivity index (χ1) is 9.07. The molecule has 0 atom stereocenters. The number of aromatic carboxylic acids is 1. The second-order valence-electron chi connectivity index (χ2n) is 4.90. The van der Waals surface area contributed by atoms with Gasteiger partial charge in [0.25, 0.3) is 0 Å². The van der Waals surface area contributed by atoms with Crippen molar-refractivity contribution in [1.29, 1.82) is 0 Å².